The summed E-state index contributed by atoms with van der Waals surface area (Å²) in [7, 11) is 2.15. The van der Waals surface area contributed by atoms with Crippen molar-refractivity contribution in [3.05, 3.63) is 65.4 Å². The van der Waals surface area contributed by atoms with E-state index in [0.29, 0.717) is 0 Å². The number of aryl methyl sites for hydroxylation is 4. The molecule has 122 valence electrons. The topological polar surface area (TPSA) is 21.2 Å². The number of hydrogen-bond acceptors (Lipinski definition) is 1. The third-order valence-electron chi connectivity index (χ3n) is 5.44. The van der Waals surface area contributed by atoms with Crippen molar-refractivity contribution in [2.75, 3.05) is 0 Å². The summed E-state index contributed by atoms with van der Waals surface area (Å²) in [4.78, 5) is 4.81. The number of rotatable bonds is 0. The Balaban J connectivity index is 2.33. The highest BCUT2D eigenvalue weighted by molar-refractivity contribution is 6.13. The van der Waals surface area contributed by atoms with Gasteiger partial charge in [-0.2, -0.15) is 4.40 Å². The number of hydrogen-bond donors (Lipinski definition) is 0. The Bertz CT molecular complexity index is 1330. The summed E-state index contributed by atoms with van der Waals surface area (Å²) in [6.45, 7) is 6.55. The number of benzene rings is 2. The second-order valence-corrected chi connectivity index (χ2v) is 6.98. The lowest BCUT2D eigenvalue weighted by molar-refractivity contribution is -0.617. The lowest BCUT2D eigenvalue weighted by Gasteiger charge is -2.10. The van der Waals surface area contributed by atoms with Crippen molar-refractivity contribution >= 4 is 38.5 Å². The molecule has 3 heterocycles. The van der Waals surface area contributed by atoms with E-state index in [9.17, 15) is 0 Å². The lowest BCUT2D eigenvalue weighted by Crippen LogP contribution is -2.27. The van der Waals surface area contributed by atoms with Crippen molar-refractivity contribution < 1.29 is 4.57 Å². The molecule has 0 radical (unpaired) electrons. The summed E-state index contributed by atoms with van der Waals surface area (Å²) in [5, 5.41) is 2.50. The molecule has 0 aliphatic rings. The molecule has 5 aromatic rings. The Labute approximate surface area is 146 Å². The molecule has 0 saturated carbocycles. The van der Waals surface area contributed by atoms with Crippen LogP contribution in [0.5, 0.6) is 0 Å². The zero-order chi connectivity index (χ0) is 17.3. The van der Waals surface area contributed by atoms with E-state index in [2.05, 4.69) is 79.3 Å². The highest BCUT2D eigenvalue weighted by atomic mass is 15.1. The number of para-hydroxylation sites is 2. The molecule has 3 heteroatoms. The predicted octanol–water partition coefficient (Wildman–Crippen LogP) is 4.54. The molecule has 0 unspecified atom stereocenters. The van der Waals surface area contributed by atoms with Gasteiger partial charge >= 0.3 is 0 Å². The average Bonchev–Trinajstić information content (AvgIpc) is 2.91. The minimum absolute atomic E-state index is 1.10. The Morgan fingerprint density at radius 2 is 1.56 bits per heavy atom. The molecule has 0 N–H and O–H groups in total. The number of nitrogens with zero attached hydrogens (tertiary/aromatic N) is 3. The van der Waals surface area contributed by atoms with Crippen molar-refractivity contribution in [1.29, 1.82) is 0 Å². The molecule has 25 heavy (non-hydrogen) atoms. The van der Waals surface area contributed by atoms with Gasteiger partial charge in [-0.3, -0.25) is 4.98 Å². The molecular formula is C22H20N3+. The number of fused-ring (bicyclic) bond motifs is 8. The second-order valence-electron chi connectivity index (χ2n) is 6.98. The first-order valence-electron chi connectivity index (χ1n) is 8.66. The van der Waals surface area contributed by atoms with Crippen LogP contribution in [0.3, 0.4) is 0 Å². The van der Waals surface area contributed by atoms with Crippen LogP contribution in [0.15, 0.2) is 48.7 Å². The minimum atomic E-state index is 1.10. The van der Waals surface area contributed by atoms with Gasteiger partial charge in [0.25, 0.3) is 5.65 Å². The van der Waals surface area contributed by atoms with Crippen LogP contribution in [0.25, 0.3) is 38.5 Å². The maximum atomic E-state index is 4.81. The van der Waals surface area contributed by atoms with E-state index in [1.165, 1.54) is 49.7 Å². The largest absolute Gasteiger partial charge is 0.297 e. The van der Waals surface area contributed by atoms with Crippen molar-refractivity contribution in [3.8, 4) is 0 Å². The molecule has 0 spiro atoms. The molecule has 3 nitrogen and oxygen atoms in total. The molecule has 0 amide bonds. The number of aromatic nitrogens is 3. The molecule has 0 aliphatic heterocycles. The second kappa shape index (κ2) is 4.79. The van der Waals surface area contributed by atoms with E-state index < -0.39 is 0 Å². The minimum Gasteiger partial charge on any atom is -0.255 e. The van der Waals surface area contributed by atoms with Crippen LogP contribution < -0.4 is 4.57 Å². The predicted molar refractivity (Wildman–Crippen MR) is 103 cm³/mol. The maximum absolute atomic E-state index is 4.81. The van der Waals surface area contributed by atoms with Gasteiger partial charge in [-0.05, 0) is 55.7 Å². The molecule has 3 aromatic heterocycles. The third-order valence-corrected chi connectivity index (χ3v) is 5.44. The summed E-state index contributed by atoms with van der Waals surface area (Å²) in [5.41, 5.74) is 9.85. The normalized spacial score (nSPS) is 12.0. The SMILES string of the molecule is Cc1ccc(C)c2c1c1nccc(C)c1c1n2c2ccccc2[n+]1C. The highest BCUT2D eigenvalue weighted by Crippen LogP contribution is 2.34. The summed E-state index contributed by atoms with van der Waals surface area (Å²) < 4.78 is 4.72. The van der Waals surface area contributed by atoms with Crippen LogP contribution in [0.4, 0.5) is 0 Å². The zero-order valence-electron chi connectivity index (χ0n) is 15.0. The fraction of sp³-hybridized carbons (Fsp3) is 0.182. The first kappa shape index (κ1) is 14.4. The van der Waals surface area contributed by atoms with Crippen LogP contribution in [0.1, 0.15) is 16.7 Å². The average molecular weight is 326 g/mol. The summed E-state index contributed by atoms with van der Waals surface area (Å²) >= 11 is 0. The Morgan fingerprint density at radius 3 is 2.40 bits per heavy atom. The van der Waals surface area contributed by atoms with Crippen LogP contribution >= 0.6 is 0 Å². The van der Waals surface area contributed by atoms with Gasteiger partial charge in [0.2, 0.25) is 0 Å². The highest BCUT2D eigenvalue weighted by Gasteiger charge is 2.26. The Kier molecular flexibility index (Phi) is 2.76. The quantitative estimate of drug-likeness (QED) is 0.302. The van der Waals surface area contributed by atoms with E-state index in [4.69, 9.17) is 4.98 Å². The van der Waals surface area contributed by atoms with E-state index in [-0.39, 0.29) is 0 Å². The fourth-order valence-corrected chi connectivity index (χ4v) is 4.23. The van der Waals surface area contributed by atoms with Crippen molar-refractivity contribution in [2.24, 2.45) is 7.05 Å². The van der Waals surface area contributed by atoms with Crippen LogP contribution in [0, 0.1) is 20.8 Å². The Hall–Kier alpha value is -2.94. The fourth-order valence-electron chi connectivity index (χ4n) is 4.23. The van der Waals surface area contributed by atoms with Crippen molar-refractivity contribution in [1.82, 2.24) is 9.38 Å². The molecule has 0 aliphatic carbocycles. The van der Waals surface area contributed by atoms with Crippen molar-refractivity contribution in [3.63, 3.8) is 0 Å². The first-order chi connectivity index (χ1) is 12.1. The first-order valence-corrected chi connectivity index (χ1v) is 8.66. The van der Waals surface area contributed by atoms with Crippen molar-refractivity contribution in [2.45, 2.75) is 20.8 Å². The Morgan fingerprint density at radius 1 is 0.840 bits per heavy atom. The third kappa shape index (κ3) is 1.70. The smallest absolute Gasteiger partial charge is 0.255 e. The molecule has 0 fully saturated rings. The molecule has 0 saturated heterocycles. The molecule has 2 aromatic carbocycles. The van der Waals surface area contributed by atoms with Gasteiger partial charge in [-0.25, -0.2) is 4.57 Å². The van der Waals surface area contributed by atoms with Crippen LogP contribution in [-0.2, 0) is 7.05 Å². The summed E-state index contributed by atoms with van der Waals surface area (Å²) in [6.07, 6.45) is 1.93. The summed E-state index contributed by atoms with van der Waals surface area (Å²) in [5.74, 6) is 0. The molecule has 0 bridgehead atoms. The standard InChI is InChI=1S/C22H20N3/c1-13-9-10-15(3)21-18(13)20-19(14(2)11-12-23-20)22-24(4)16-7-5-6-8-17(16)25(21)22/h5-12H,1-4H3/q+1. The van der Waals surface area contributed by atoms with E-state index in [1.54, 1.807) is 0 Å². The van der Waals surface area contributed by atoms with Crippen LogP contribution in [-0.4, -0.2) is 9.38 Å². The van der Waals surface area contributed by atoms with Gasteiger partial charge in [0.1, 0.15) is 5.52 Å². The van der Waals surface area contributed by atoms with Gasteiger partial charge in [-0.1, -0.05) is 24.3 Å². The van der Waals surface area contributed by atoms with E-state index >= 15 is 0 Å². The molecular weight excluding hydrogens is 306 g/mol. The maximum Gasteiger partial charge on any atom is 0.297 e. The lowest BCUT2D eigenvalue weighted by atomic mass is 10.0. The number of pyridine rings is 2. The number of imidazole rings is 1. The monoisotopic (exact) mass is 326 g/mol. The van der Waals surface area contributed by atoms with Gasteiger partial charge < -0.3 is 0 Å². The van der Waals surface area contributed by atoms with Crippen LogP contribution in [0.2, 0.25) is 0 Å². The van der Waals surface area contributed by atoms with Gasteiger partial charge in [0.15, 0.2) is 11.0 Å². The molecule has 0 atom stereocenters. The zero-order valence-corrected chi connectivity index (χ0v) is 15.0. The van der Waals surface area contributed by atoms with Gasteiger partial charge in [0.05, 0.1) is 23.3 Å². The summed E-state index contributed by atoms with van der Waals surface area (Å²) in [6, 6.07) is 15.2. The molecule has 5 rings (SSSR count). The van der Waals surface area contributed by atoms with Gasteiger partial charge in [-0.15, -0.1) is 0 Å². The van der Waals surface area contributed by atoms with Gasteiger partial charge in [0, 0.05) is 6.20 Å². The van der Waals surface area contributed by atoms with E-state index in [1.807, 2.05) is 6.20 Å². The van der Waals surface area contributed by atoms with E-state index in [0.717, 1.165) is 5.52 Å².